The Hall–Kier alpha value is -2.13. The van der Waals surface area contributed by atoms with E-state index in [4.69, 9.17) is 23.2 Å². The number of rotatable bonds is 4. The molecule has 1 heterocycles. The van der Waals surface area contributed by atoms with Gasteiger partial charge in [-0.05, 0) is 47.0 Å². The maximum Gasteiger partial charge on any atom is 0.228 e. The Morgan fingerprint density at radius 2 is 1.85 bits per heavy atom. The van der Waals surface area contributed by atoms with Gasteiger partial charge in [0.1, 0.15) is 5.15 Å². The van der Waals surface area contributed by atoms with Crippen LogP contribution >= 0.6 is 23.2 Å². The molecule has 3 aromatic rings. The van der Waals surface area contributed by atoms with Gasteiger partial charge in [0.2, 0.25) is 5.91 Å². The number of nitrogens with zero attached hydrogens (tertiary/aromatic N) is 1. The molecule has 3 rings (SSSR count). The first-order valence-corrected chi connectivity index (χ1v) is 9.20. The monoisotopic (exact) mass is 429 g/mol. The first-order valence-electron chi connectivity index (χ1n) is 7.37. The van der Waals surface area contributed by atoms with Crippen molar-refractivity contribution >= 4 is 56.6 Å². The van der Waals surface area contributed by atoms with Crippen molar-refractivity contribution in [3.63, 3.8) is 0 Å². The molecular weight excluding hydrogens is 421 g/mol. The first-order chi connectivity index (χ1) is 12.8. The lowest BCUT2D eigenvalue weighted by Crippen LogP contribution is -2.15. The van der Waals surface area contributed by atoms with Gasteiger partial charge in [-0.2, -0.15) is 0 Å². The molecule has 1 unspecified atom stereocenters. The predicted molar refractivity (Wildman–Crippen MR) is 97.6 cm³/mol. The minimum absolute atomic E-state index is 0.0685. The second-order valence-electron chi connectivity index (χ2n) is 5.49. The molecule has 0 spiro atoms. The third-order valence-corrected chi connectivity index (χ3v) is 5.05. The van der Waals surface area contributed by atoms with Crippen molar-refractivity contribution in [1.82, 2.24) is 4.98 Å². The van der Waals surface area contributed by atoms with Gasteiger partial charge < -0.3 is 9.87 Å². The van der Waals surface area contributed by atoms with E-state index < -0.39 is 28.6 Å². The molecule has 0 radical (unpaired) electrons. The summed E-state index contributed by atoms with van der Waals surface area (Å²) in [6.07, 6.45) is 1.02. The lowest BCUT2D eigenvalue weighted by molar-refractivity contribution is -0.115. The van der Waals surface area contributed by atoms with Gasteiger partial charge in [0.25, 0.3) is 0 Å². The summed E-state index contributed by atoms with van der Waals surface area (Å²) >= 11 is 9.24. The number of benzene rings is 2. The summed E-state index contributed by atoms with van der Waals surface area (Å²) in [5.74, 6) is -2.86. The van der Waals surface area contributed by atoms with E-state index in [9.17, 15) is 22.3 Å². The Balaban J connectivity index is 1.92. The summed E-state index contributed by atoms with van der Waals surface area (Å²) in [5.41, 5.74) is 0.237. The molecule has 27 heavy (non-hydrogen) atoms. The van der Waals surface area contributed by atoms with E-state index >= 15 is 0 Å². The number of fused-ring (bicyclic) bond motifs is 1. The van der Waals surface area contributed by atoms with Crippen LogP contribution in [0.4, 0.5) is 14.5 Å². The van der Waals surface area contributed by atoms with Crippen LogP contribution in [0.5, 0.6) is 0 Å². The van der Waals surface area contributed by atoms with Crippen LogP contribution in [0.3, 0.4) is 0 Å². The van der Waals surface area contributed by atoms with Crippen molar-refractivity contribution < 1.29 is 22.3 Å². The molecule has 0 aliphatic rings. The Labute approximate surface area is 164 Å². The quantitative estimate of drug-likeness (QED) is 0.382. The highest BCUT2D eigenvalue weighted by Gasteiger charge is 2.14. The molecule has 0 saturated heterocycles. The lowest BCUT2D eigenvalue weighted by atomic mass is 10.1. The lowest BCUT2D eigenvalue weighted by Gasteiger charge is -2.14. The summed E-state index contributed by atoms with van der Waals surface area (Å²) in [5, 5.41) is 3.15. The molecule has 1 atom stereocenters. The van der Waals surface area contributed by atoms with Crippen LogP contribution in [-0.4, -0.2) is 19.7 Å². The summed E-state index contributed by atoms with van der Waals surface area (Å²) in [6, 6.07) is 5.81. The van der Waals surface area contributed by atoms with Crippen molar-refractivity contribution in [3.8, 4) is 0 Å². The van der Waals surface area contributed by atoms with E-state index in [2.05, 4.69) is 10.3 Å². The number of aromatic nitrogens is 1. The number of nitrogens with one attached hydrogen (secondary N) is 1. The summed E-state index contributed by atoms with van der Waals surface area (Å²) in [6.45, 7) is 0. The predicted octanol–water partition coefficient (Wildman–Crippen LogP) is 4.24. The van der Waals surface area contributed by atoms with E-state index in [0.29, 0.717) is 10.8 Å². The van der Waals surface area contributed by atoms with Crippen LogP contribution in [0.25, 0.3) is 10.8 Å². The molecule has 0 aliphatic carbocycles. The molecule has 1 N–H and O–H groups in total. The molecule has 1 amide bonds. The van der Waals surface area contributed by atoms with Crippen LogP contribution in [-0.2, 0) is 22.3 Å². The average molecular weight is 430 g/mol. The van der Waals surface area contributed by atoms with Crippen LogP contribution in [0.15, 0.2) is 41.4 Å². The van der Waals surface area contributed by atoms with Crippen LogP contribution < -0.4 is 5.32 Å². The average Bonchev–Trinajstić information content (AvgIpc) is 2.59. The van der Waals surface area contributed by atoms with Gasteiger partial charge in [-0.25, -0.2) is 13.8 Å². The fraction of sp³-hybridized carbons (Fsp3) is 0.0588. The van der Waals surface area contributed by atoms with Crippen molar-refractivity contribution in [2.24, 2.45) is 0 Å². The van der Waals surface area contributed by atoms with Gasteiger partial charge in [-0.1, -0.05) is 23.2 Å². The minimum Gasteiger partial charge on any atom is -0.768 e. The molecule has 2 aromatic carbocycles. The van der Waals surface area contributed by atoms with Crippen LogP contribution in [0.1, 0.15) is 5.56 Å². The summed E-state index contributed by atoms with van der Waals surface area (Å²) in [7, 11) is 0. The van der Waals surface area contributed by atoms with Crippen molar-refractivity contribution in [2.45, 2.75) is 11.3 Å². The smallest absolute Gasteiger partial charge is 0.228 e. The normalized spacial score (nSPS) is 12.2. The van der Waals surface area contributed by atoms with Gasteiger partial charge in [-0.3, -0.25) is 9.00 Å². The van der Waals surface area contributed by atoms with Gasteiger partial charge in [0.05, 0.1) is 6.42 Å². The Kier molecular flexibility index (Phi) is 5.71. The van der Waals surface area contributed by atoms with Gasteiger partial charge in [0, 0.05) is 32.6 Å². The van der Waals surface area contributed by atoms with E-state index in [1.807, 2.05) is 0 Å². The number of carbonyl (C=O) groups excluding carboxylic acids is 1. The fourth-order valence-corrected chi connectivity index (χ4v) is 3.51. The zero-order chi connectivity index (χ0) is 19.7. The van der Waals surface area contributed by atoms with Gasteiger partial charge in [0.15, 0.2) is 11.6 Å². The van der Waals surface area contributed by atoms with E-state index in [1.165, 1.54) is 24.4 Å². The van der Waals surface area contributed by atoms with Crippen molar-refractivity contribution in [3.05, 3.63) is 63.9 Å². The van der Waals surface area contributed by atoms with Crippen LogP contribution in [0.2, 0.25) is 10.2 Å². The number of hydrogen-bond acceptors (Lipinski definition) is 4. The summed E-state index contributed by atoms with van der Waals surface area (Å²) in [4.78, 5) is 16.1. The molecule has 0 saturated carbocycles. The molecule has 1 aromatic heterocycles. The number of carbonyl (C=O) groups is 1. The first kappa shape index (κ1) is 19.6. The highest BCUT2D eigenvalue weighted by Crippen LogP contribution is 2.30. The summed E-state index contributed by atoms with van der Waals surface area (Å²) < 4.78 is 49.5. The second-order valence-corrected chi connectivity index (χ2v) is 7.16. The molecule has 0 aliphatic heterocycles. The van der Waals surface area contributed by atoms with Gasteiger partial charge >= 0.3 is 0 Å². The molecule has 5 nitrogen and oxygen atoms in total. The maximum atomic E-state index is 13.3. The highest BCUT2D eigenvalue weighted by molar-refractivity contribution is 7.79. The number of hydrogen-bond donors (Lipinski definition) is 1. The van der Waals surface area contributed by atoms with E-state index in [-0.39, 0.29) is 32.7 Å². The fourth-order valence-electron chi connectivity index (χ4n) is 2.50. The molecule has 0 fully saturated rings. The topological polar surface area (TPSA) is 82.1 Å². The van der Waals surface area contributed by atoms with Gasteiger partial charge in [-0.15, -0.1) is 0 Å². The Bertz CT molecular complexity index is 1100. The Morgan fingerprint density at radius 1 is 1.15 bits per heavy atom. The number of anilines is 1. The minimum atomic E-state index is -2.58. The third kappa shape index (κ3) is 4.24. The zero-order valence-corrected chi connectivity index (χ0v) is 15.6. The molecular formula is C17H9Cl2F2N2O3S-. The third-order valence-electron chi connectivity index (χ3n) is 3.70. The van der Waals surface area contributed by atoms with Crippen molar-refractivity contribution in [2.75, 3.05) is 5.32 Å². The number of halogens is 4. The zero-order valence-electron chi connectivity index (χ0n) is 13.3. The highest BCUT2D eigenvalue weighted by atomic mass is 35.5. The van der Waals surface area contributed by atoms with E-state index in [1.54, 1.807) is 0 Å². The molecule has 0 bridgehead atoms. The Morgan fingerprint density at radius 3 is 2.56 bits per heavy atom. The number of amides is 1. The van der Waals surface area contributed by atoms with Crippen LogP contribution in [0, 0.1) is 11.6 Å². The largest absolute Gasteiger partial charge is 0.768 e. The van der Waals surface area contributed by atoms with E-state index in [0.717, 1.165) is 12.1 Å². The van der Waals surface area contributed by atoms with Crippen molar-refractivity contribution in [1.29, 1.82) is 0 Å². The molecule has 140 valence electrons. The standard InChI is InChI=1S/C17H10Cl2F2N2O3S/c18-12-7-14(21)13(20)3-8(12)4-16(24)23-9-5-11-10(1-2-22-17(11)19)15(6-9)27(25)26/h1-3,5-7H,4H2,(H,23,24)(H,25,26)/p-1. The maximum absolute atomic E-state index is 13.3. The second kappa shape index (κ2) is 7.85. The SMILES string of the molecule is O=C(Cc1cc(F)c(F)cc1Cl)Nc1cc(S(=O)[O-])c2ccnc(Cl)c2c1. The molecule has 10 heteroatoms. The number of pyridine rings is 1.